The van der Waals surface area contributed by atoms with Gasteiger partial charge in [0.05, 0.1) is 17.1 Å². The molecule has 2 aromatic heterocycles. The van der Waals surface area contributed by atoms with E-state index in [9.17, 15) is 18.0 Å². The first-order valence-electron chi connectivity index (χ1n) is 9.43. The molecule has 32 heavy (non-hydrogen) atoms. The Hall–Kier alpha value is -3.66. The van der Waals surface area contributed by atoms with E-state index in [4.69, 9.17) is 0 Å². The van der Waals surface area contributed by atoms with Crippen molar-refractivity contribution >= 4 is 23.4 Å². The summed E-state index contributed by atoms with van der Waals surface area (Å²) in [6.45, 7) is 1.94. The van der Waals surface area contributed by atoms with Crippen molar-refractivity contribution in [2.24, 2.45) is 0 Å². The molecule has 2 heterocycles. The van der Waals surface area contributed by atoms with Crippen LogP contribution in [0.2, 0.25) is 0 Å². The number of carbonyl (C=O) groups excluding carboxylic acids is 1. The monoisotopic (exact) mass is 455 g/mol. The van der Waals surface area contributed by atoms with E-state index >= 15 is 0 Å². The highest BCUT2D eigenvalue weighted by molar-refractivity contribution is 7.99. The molecule has 162 valence electrons. The van der Waals surface area contributed by atoms with Gasteiger partial charge in [-0.15, -0.1) is 10.2 Å². The standard InChI is InChI=1S/C22H16F3N5OS/c1-13-5-2-3-7-17(13)30-21(14-6-4-10-26-11-14)28-29-22(30)32-12-18(31)27-16-9-8-15(23)19(24)20(16)25/h2-11H,12H2,1H3,(H,27,31). The van der Waals surface area contributed by atoms with E-state index in [1.165, 1.54) is 0 Å². The molecule has 0 atom stereocenters. The highest BCUT2D eigenvalue weighted by Gasteiger charge is 2.20. The molecule has 4 aromatic rings. The molecule has 0 saturated heterocycles. The summed E-state index contributed by atoms with van der Waals surface area (Å²) in [6, 6.07) is 13.0. The Morgan fingerprint density at radius 1 is 1.03 bits per heavy atom. The number of amides is 1. The Morgan fingerprint density at radius 3 is 2.59 bits per heavy atom. The lowest BCUT2D eigenvalue weighted by molar-refractivity contribution is -0.113. The van der Waals surface area contributed by atoms with Gasteiger partial charge >= 0.3 is 0 Å². The minimum absolute atomic E-state index is 0.157. The number of anilines is 1. The first kappa shape index (κ1) is 21.6. The summed E-state index contributed by atoms with van der Waals surface area (Å²) in [5.74, 6) is -4.65. The lowest BCUT2D eigenvalue weighted by atomic mass is 10.2. The van der Waals surface area contributed by atoms with Crippen LogP contribution in [0.4, 0.5) is 18.9 Å². The fourth-order valence-corrected chi connectivity index (χ4v) is 3.76. The van der Waals surface area contributed by atoms with Crippen LogP contribution in [0.15, 0.2) is 66.1 Å². The molecule has 6 nitrogen and oxygen atoms in total. The number of benzene rings is 2. The first-order chi connectivity index (χ1) is 15.5. The van der Waals surface area contributed by atoms with Crippen molar-refractivity contribution in [2.45, 2.75) is 12.1 Å². The number of thioether (sulfide) groups is 1. The molecule has 1 amide bonds. The van der Waals surface area contributed by atoms with Crippen LogP contribution in [-0.4, -0.2) is 31.4 Å². The maximum atomic E-state index is 13.8. The van der Waals surface area contributed by atoms with E-state index in [2.05, 4.69) is 20.5 Å². The summed E-state index contributed by atoms with van der Waals surface area (Å²) in [5.41, 5.74) is 2.09. The summed E-state index contributed by atoms with van der Waals surface area (Å²) in [5, 5.41) is 11.2. The Morgan fingerprint density at radius 2 is 1.84 bits per heavy atom. The number of aryl methyl sites for hydroxylation is 1. The zero-order valence-electron chi connectivity index (χ0n) is 16.7. The summed E-state index contributed by atoms with van der Waals surface area (Å²) in [7, 11) is 0. The van der Waals surface area contributed by atoms with Gasteiger partial charge in [0.1, 0.15) is 0 Å². The molecule has 4 rings (SSSR count). The second-order valence-electron chi connectivity index (χ2n) is 6.73. The second-order valence-corrected chi connectivity index (χ2v) is 7.67. The normalized spacial score (nSPS) is 10.9. The van der Waals surface area contributed by atoms with Crippen molar-refractivity contribution in [3.05, 3.63) is 83.9 Å². The van der Waals surface area contributed by atoms with Gasteiger partial charge in [-0.2, -0.15) is 0 Å². The average molecular weight is 455 g/mol. The number of nitrogens with one attached hydrogen (secondary N) is 1. The lowest BCUT2D eigenvalue weighted by Gasteiger charge is -2.13. The number of para-hydroxylation sites is 1. The molecule has 10 heteroatoms. The third kappa shape index (κ3) is 4.35. The molecule has 0 aliphatic rings. The van der Waals surface area contributed by atoms with Crippen molar-refractivity contribution in [1.29, 1.82) is 0 Å². The predicted octanol–water partition coefficient (Wildman–Crippen LogP) is 4.79. The van der Waals surface area contributed by atoms with E-state index in [0.717, 1.165) is 40.7 Å². The topological polar surface area (TPSA) is 72.7 Å². The van der Waals surface area contributed by atoms with Crippen LogP contribution in [-0.2, 0) is 4.79 Å². The van der Waals surface area contributed by atoms with Gasteiger partial charge in [-0.3, -0.25) is 14.3 Å². The van der Waals surface area contributed by atoms with Crippen molar-refractivity contribution < 1.29 is 18.0 Å². The van der Waals surface area contributed by atoms with Gasteiger partial charge < -0.3 is 5.32 Å². The van der Waals surface area contributed by atoms with Gasteiger partial charge in [0.2, 0.25) is 5.91 Å². The molecule has 0 aliphatic heterocycles. The minimum Gasteiger partial charge on any atom is -0.323 e. The second kappa shape index (κ2) is 9.23. The lowest BCUT2D eigenvalue weighted by Crippen LogP contribution is -2.16. The first-order valence-corrected chi connectivity index (χ1v) is 10.4. The van der Waals surface area contributed by atoms with Crippen LogP contribution in [0.1, 0.15) is 5.56 Å². The number of rotatable bonds is 6. The van der Waals surface area contributed by atoms with Gasteiger partial charge in [0.15, 0.2) is 28.4 Å². The Labute approximate surface area is 185 Å². The number of carbonyl (C=O) groups is 1. The van der Waals surface area contributed by atoms with Crippen molar-refractivity contribution in [3.63, 3.8) is 0 Å². The Bertz CT molecular complexity index is 1280. The van der Waals surface area contributed by atoms with Crippen LogP contribution in [0.5, 0.6) is 0 Å². The van der Waals surface area contributed by atoms with Crippen LogP contribution in [0.3, 0.4) is 0 Å². The SMILES string of the molecule is Cc1ccccc1-n1c(SCC(=O)Nc2ccc(F)c(F)c2F)nnc1-c1cccnc1. The third-order valence-electron chi connectivity index (χ3n) is 4.55. The smallest absolute Gasteiger partial charge is 0.234 e. The molecule has 0 saturated carbocycles. The van der Waals surface area contributed by atoms with E-state index in [-0.39, 0.29) is 5.75 Å². The highest BCUT2D eigenvalue weighted by atomic mass is 32.2. The quantitative estimate of drug-likeness (QED) is 0.335. The summed E-state index contributed by atoms with van der Waals surface area (Å²) < 4.78 is 42.1. The molecule has 0 unspecified atom stereocenters. The number of hydrogen-bond donors (Lipinski definition) is 1. The largest absolute Gasteiger partial charge is 0.323 e. The Balaban J connectivity index is 1.60. The van der Waals surface area contributed by atoms with Crippen LogP contribution < -0.4 is 5.32 Å². The number of aromatic nitrogens is 4. The van der Waals surface area contributed by atoms with Gasteiger partial charge in [-0.1, -0.05) is 30.0 Å². The average Bonchev–Trinajstić information content (AvgIpc) is 3.23. The zero-order valence-corrected chi connectivity index (χ0v) is 17.5. The molecule has 1 N–H and O–H groups in total. The molecule has 0 bridgehead atoms. The summed E-state index contributed by atoms with van der Waals surface area (Å²) >= 11 is 1.07. The molecular formula is C22H16F3N5OS. The maximum Gasteiger partial charge on any atom is 0.234 e. The van der Waals surface area contributed by atoms with Crippen LogP contribution in [0.25, 0.3) is 17.1 Å². The van der Waals surface area contributed by atoms with E-state index in [1.54, 1.807) is 18.5 Å². The van der Waals surface area contributed by atoms with Crippen molar-refractivity contribution in [3.8, 4) is 17.1 Å². The number of hydrogen-bond acceptors (Lipinski definition) is 5. The number of halogens is 3. The number of pyridine rings is 1. The fraction of sp³-hybridized carbons (Fsp3) is 0.0909. The predicted molar refractivity (Wildman–Crippen MR) is 115 cm³/mol. The maximum absolute atomic E-state index is 13.8. The number of nitrogens with zero attached hydrogens (tertiary/aromatic N) is 4. The van der Waals surface area contributed by atoms with E-state index in [0.29, 0.717) is 11.0 Å². The molecule has 0 radical (unpaired) electrons. The van der Waals surface area contributed by atoms with Gasteiger partial charge in [-0.25, -0.2) is 13.2 Å². The van der Waals surface area contributed by atoms with Crippen molar-refractivity contribution in [1.82, 2.24) is 19.7 Å². The fourth-order valence-electron chi connectivity index (χ4n) is 3.02. The van der Waals surface area contributed by atoms with E-state index < -0.39 is 29.0 Å². The zero-order chi connectivity index (χ0) is 22.7. The van der Waals surface area contributed by atoms with Gasteiger partial charge in [0.25, 0.3) is 0 Å². The third-order valence-corrected chi connectivity index (χ3v) is 5.48. The molecule has 0 spiro atoms. The van der Waals surface area contributed by atoms with Gasteiger partial charge in [0, 0.05) is 18.0 Å². The molecule has 2 aromatic carbocycles. The summed E-state index contributed by atoms with van der Waals surface area (Å²) in [4.78, 5) is 16.5. The highest BCUT2D eigenvalue weighted by Crippen LogP contribution is 2.29. The van der Waals surface area contributed by atoms with Crippen molar-refractivity contribution in [2.75, 3.05) is 11.1 Å². The minimum atomic E-state index is -1.64. The summed E-state index contributed by atoms with van der Waals surface area (Å²) in [6.07, 6.45) is 3.31. The Kier molecular flexibility index (Phi) is 6.22. The van der Waals surface area contributed by atoms with Crippen LogP contribution >= 0.6 is 11.8 Å². The molecular weight excluding hydrogens is 439 g/mol. The van der Waals surface area contributed by atoms with E-state index in [1.807, 2.05) is 41.8 Å². The van der Waals surface area contributed by atoms with Gasteiger partial charge in [-0.05, 0) is 42.8 Å². The van der Waals surface area contributed by atoms with Crippen LogP contribution in [0, 0.1) is 24.4 Å². The molecule has 0 aliphatic carbocycles. The molecule has 0 fully saturated rings.